The van der Waals surface area contributed by atoms with E-state index in [1.54, 1.807) is 6.20 Å². The Morgan fingerprint density at radius 1 is 0.727 bits per heavy atom. The zero-order valence-electron chi connectivity index (χ0n) is 25.9. The van der Waals surface area contributed by atoms with Crippen molar-refractivity contribution < 1.29 is 20.1 Å². The van der Waals surface area contributed by atoms with Crippen molar-refractivity contribution in [1.82, 2.24) is 4.98 Å². The van der Waals surface area contributed by atoms with Crippen LogP contribution in [-0.4, -0.2) is 12.0 Å². The summed E-state index contributed by atoms with van der Waals surface area (Å²) in [5.41, 5.74) is 12.6. The van der Waals surface area contributed by atoms with Gasteiger partial charge in [-0.05, 0) is 60.6 Å². The van der Waals surface area contributed by atoms with Crippen LogP contribution in [0.3, 0.4) is 0 Å². The van der Waals surface area contributed by atoms with Crippen molar-refractivity contribution in [3.8, 4) is 11.3 Å². The summed E-state index contributed by atoms with van der Waals surface area (Å²) in [6, 6.07) is 40.0. The number of aromatic nitrogens is 1. The molecule has 0 spiro atoms. The minimum absolute atomic E-state index is 0. The first-order valence-electron chi connectivity index (χ1n) is 15.1. The predicted octanol–water partition coefficient (Wildman–Crippen LogP) is 9.87. The van der Waals surface area contributed by atoms with Crippen LogP contribution >= 0.6 is 0 Å². The van der Waals surface area contributed by atoms with Crippen LogP contribution in [0.4, 0.5) is 34.1 Å². The van der Waals surface area contributed by atoms with Crippen LogP contribution in [0.15, 0.2) is 103 Å². The number of fused-ring (bicyclic) bond motifs is 4. The second kappa shape index (κ2) is 11.5. The van der Waals surface area contributed by atoms with Crippen molar-refractivity contribution >= 4 is 34.1 Å². The van der Waals surface area contributed by atoms with Gasteiger partial charge in [0.25, 0.3) is 0 Å². The molecule has 1 aromatic heterocycles. The summed E-state index contributed by atoms with van der Waals surface area (Å²) in [6.07, 6.45) is 4.20. The molecule has 0 radical (unpaired) electrons. The van der Waals surface area contributed by atoms with Gasteiger partial charge < -0.3 is 19.7 Å². The van der Waals surface area contributed by atoms with E-state index in [0.717, 1.165) is 16.9 Å². The van der Waals surface area contributed by atoms with Gasteiger partial charge in [-0.2, -0.15) is 12.1 Å². The molecule has 3 heterocycles. The number of nitrogens with zero attached hydrogens (tertiary/aromatic N) is 4. The maximum atomic E-state index is 4.22. The molecule has 5 aromatic rings. The fourth-order valence-corrected chi connectivity index (χ4v) is 6.77. The molecule has 0 saturated carbocycles. The zero-order valence-corrected chi connectivity index (χ0v) is 28.3. The fourth-order valence-electron chi connectivity index (χ4n) is 6.77. The van der Waals surface area contributed by atoms with Gasteiger partial charge in [0.2, 0.25) is 0 Å². The molecule has 0 N–H and O–H groups in total. The van der Waals surface area contributed by atoms with Crippen LogP contribution in [0, 0.1) is 18.8 Å². The summed E-state index contributed by atoms with van der Waals surface area (Å²) < 4.78 is 0. The third-order valence-electron chi connectivity index (χ3n) is 9.21. The van der Waals surface area contributed by atoms with E-state index in [0.29, 0.717) is 0 Å². The SMILES string of the molecule is CN1c2cccc3c2N([CH-]N3c2ccccc2)c2[c-]cc3c(c21)C(C)(C)CCC3(C)C.[Ir+3].[c-]1ccccc1-c1ccccn1. The molecule has 3 aliphatic rings. The maximum Gasteiger partial charge on any atom is 3.00 e. The van der Waals surface area contributed by atoms with E-state index in [1.165, 1.54) is 52.4 Å². The average molecular weight is 754 g/mol. The summed E-state index contributed by atoms with van der Waals surface area (Å²) in [6.45, 7) is 11.8. The number of rotatable bonds is 2. The van der Waals surface area contributed by atoms with Crippen molar-refractivity contribution in [2.24, 2.45) is 0 Å². The summed E-state index contributed by atoms with van der Waals surface area (Å²) in [4.78, 5) is 11.3. The molecule has 2 aliphatic heterocycles. The molecule has 5 heteroatoms. The molecule has 0 unspecified atom stereocenters. The van der Waals surface area contributed by atoms with Gasteiger partial charge in [0.05, 0.1) is 11.4 Å². The van der Waals surface area contributed by atoms with Crippen LogP contribution in [0.25, 0.3) is 11.3 Å². The van der Waals surface area contributed by atoms with Crippen molar-refractivity contribution in [2.45, 2.75) is 51.4 Å². The topological polar surface area (TPSA) is 22.6 Å². The molecule has 0 saturated heterocycles. The second-order valence-corrected chi connectivity index (χ2v) is 12.9. The molecule has 4 nitrogen and oxygen atoms in total. The van der Waals surface area contributed by atoms with Gasteiger partial charge in [-0.3, -0.25) is 0 Å². The van der Waals surface area contributed by atoms with Crippen molar-refractivity contribution in [1.29, 1.82) is 0 Å². The quantitative estimate of drug-likeness (QED) is 0.168. The number of hydrogen-bond acceptors (Lipinski definition) is 4. The summed E-state index contributed by atoms with van der Waals surface area (Å²) in [5, 5.41) is 0. The van der Waals surface area contributed by atoms with Crippen molar-refractivity contribution in [2.75, 3.05) is 21.7 Å². The Labute approximate surface area is 275 Å². The molecule has 0 atom stereocenters. The minimum atomic E-state index is 0. The van der Waals surface area contributed by atoms with Crippen molar-refractivity contribution in [3.05, 3.63) is 133 Å². The summed E-state index contributed by atoms with van der Waals surface area (Å²) in [7, 11) is 2.22. The van der Waals surface area contributed by atoms with Crippen LogP contribution in [-0.2, 0) is 30.9 Å². The average Bonchev–Trinajstić information content (AvgIpc) is 3.44. The largest absolute Gasteiger partial charge is 3.00 e. The fraction of sp³-hybridized carbons (Fsp3) is 0.231. The van der Waals surface area contributed by atoms with Gasteiger partial charge in [-0.15, -0.1) is 53.7 Å². The van der Waals surface area contributed by atoms with E-state index in [2.05, 4.69) is 128 Å². The Morgan fingerprint density at radius 2 is 1.45 bits per heavy atom. The number of benzene rings is 4. The summed E-state index contributed by atoms with van der Waals surface area (Å²) >= 11 is 0. The van der Waals surface area contributed by atoms with Gasteiger partial charge in [0.1, 0.15) is 0 Å². The second-order valence-electron chi connectivity index (χ2n) is 12.9. The monoisotopic (exact) mass is 754 g/mol. The van der Waals surface area contributed by atoms with E-state index in [4.69, 9.17) is 0 Å². The van der Waals surface area contributed by atoms with E-state index >= 15 is 0 Å². The van der Waals surface area contributed by atoms with Crippen molar-refractivity contribution in [3.63, 3.8) is 0 Å². The Hall–Kier alpha value is -3.92. The zero-order chi connectivity index (χ0) is 29.8. The Kier molecular flexibility index (Phi) is 7.90. The molecule has 0 amide bonds. The number of pyridine rings is 1. The summed E-state index contributed by atoms with van der Waals surface area (Å²) in [5.74, 6) is 0. The third-order valence-corrected chi connectivity index (χ3v) is 9.21. The molecular formula is C39H37IrN4. The molecule has 44 heavy (non-hydrogen) atoms. The Morgan fingerprint density at radius 3 is 2.18 bits per heavy atom. The number of hydrogen-bond donors (Lipinski definition) is 0. The molecular weight excluding hydrogens is 717 g/mol. The van der Waals surface area contributed by atoms with E-state index in [-0.39, 0.29) is 30.9 Å². The number of anilines is 6. The van der Waals surface area contributed by atoms with Crippen LogP contribution in [0.5, 0.6) is 0 Å². The maximum absolute atomic E-state index is 4.22. The molecule has 0 bridgehead atoms. The minimum Gasteiger partial charge on any atom is -0.490 e. The molecule has 222 valence electrons. The normalized spacial score (nSPS) is 16.5. The van der Waals surface area contributed by atoms with Crippen LogP contribution in [0.1, 0.15) is 51.7 Å². The third kappa shape index (κ3) is 5.02. The molecule has 4 aromatic carbocycles. The van der Waals surface area contributed by atoms with Gasteiger partial charge >= 0.3 is 20.1 Å². The molecule has 0 fully saturated rings. The first-order chi connectivity index (χ1) is 20.8. The number of para-hydroxylation sites is 2. The predicted molar refractivity (Wildman–Crippen MR) is 179 cm³/mol. The molecule has 8 rings (SSSR count). The first-order valence-corrected chi connectivity index (χ1v) is 15.1. The molecule has 1 aliphatic carbocycles. The van der Waals surface area contributed by atoms with Gasteiger partial charge in [-0.25, -0.2) is 0 Å². The van der Waals surface area contributed by atoms with E-state index < -0.39 is 0 Å². The van der Waals surface area contributed by atoms with Crippen LogP contribution in [0.2, 0.25) is 0 Å². The first kappa shape index (κ1) is 30.1. The van der Waals surface area contributed by atoms with E-state index in [1.807, 2.05) is 42.5 Å². The van der Waals surface area contributed by atoms with Gasteiger partial charge in [-0.1, -0.05) is 81.6 Å². The Balaban J connectivity index is 0.000000222. The Bertz CT molecular complexity index is 1730. The van der Waals surface area contributed by atoms with Crippen LogP contribution < -0.4 is 14.7 Å². The van der Waals surface area contributed by atoms with Gasteiger partial charge in [0.15, 0.2) is 0 Å². The smallest absolute Gasteiger partial charge is 0.490 e. The van der Waals surface area contributed by atoms with E-state index in [9.17, 15) is 0 Å². The van der Waals surface area contributed by atoms with Gasteiger partial charge in [0, 0.05) is 17.6 Å². The standard InChI is InChI=1S/C28H29N3.C11H8N.Ir/c1-27(2)16-17-28(3,4)24-20(27)14-15-23-26(24)29(5)21-12-9-13-22-25(21)31(23)18-30(22)19-10-7-6-8-11-19;1-2-6-10(7-3-1)11-8-4-5-9-12-11;/h6-14,18H,16-17H2,1-5H3;1-6,8-9H;/q-2;-1;+3.